The topological polar surface area (TPSA) is 102 Å². The Labute approximate surface area is 205 Å². The Morgan fingerprint density at radius 1 is 1.25 bits per heavy atom. The third-order valence-corrected chi connectivity index (χ3v) is 7.26. The Morgan fingerprint density at radius 2 is 2.06 bits per heavy atom. The highest BCUT2D eigenvalue weighted by atomic mass is 19.3. The molecule has 4 aromatic rings. The van der Waals surface area contributed by atoms with E-state index in [2.05, 4.69) is 25.4 Å². The number of carbonyl (C=O) groups is 1. The minimum atomic E-state index is -2.63. The van der Waals surface area contributed by atoms with Crippen molar-refractivity contribution in [2.75, 3.05) is 25.0 Å². The fourth-order valence-corrected chi connectivity index (χ4v) is 5.34. The van der Waals surface area contributed by atoms with Crippen LogP contribution in [0.3, 0.4) is 0 Å². The van der Waals surface area contributed by atoms with Gasteiger partial charge in [0.1, 0.15) is 5.52 Å². The molecule has 2 aliphatic rings. The lowest BCUT2D eigenvalue weighted by atomic mass is 9.67. The third kappa shape index (κ3) is 4.10. The van der Waals surface area contributed by atoms with E-state index < -0.39 is 13.0 Å². The molecule has 1 amide bonds. The van der Waals surface area contributed by atoms with E-state index in [1.165, 1.54) is 0 Å². The van der Waals surface area contributed by atoms with Crippen LogP contribution in [0.1, 0.15) is 32.6 Å². The van der Waals surface area contributed by atoms with Gasteiger partial charge in [0.15, 0.2) is 6.61 Å². The van der Waals surface area contributed by atoms with E-state index in [0.29, 0.717) is 22.8 Å². The predicted octanol–water partition coefficient (Wildman–Crippen LogP) is 3.29. The van der Waals surface area contributed by atoms with Crippen molar-refractivity contribution in [3.63, 3.8) is 0 Å². The van der Waals surface area contributed by atoms with Crippen molar-refractivity contribution in [3.05, 3.63) is 37.1 Å². The average Bonchev–Trinajstić information content (AvgIpc) is 3.48. The molecule has 0 radical (unpaired) electrons. The van der Waals surface area contributed by atoms with Crippen LogP contribution in [0.15, 0.2) is 37.1 Å². The summed E-state index contributed by atoms with van der Waals surface area (Å²) in [6.45, 7) is 2.50. The molecule has 1 saturated heterocycles. The maximum atomic E-state index is 13.0. The van der Waals surface area contributed by atoms with E-state index in [9.17, 15) is 13.6 Å². The van der Waals surface area contributed by atoms with Gasteiger partial charge >= 0.3 is 0 Å². The van der Waals surface area contributed by atoms with Gasteiger partial charge in [-0.3, -0.25) is 9.20 Å². The van der Waals surface area contributed by atoms with Crippen LogP contribution >= 0.6 is 0 Å². The summed E-state index contributed by atoms with van der Waals surface area (Å²) in [6.07, 6.45) is 9.97. The SMILES string of the molecule is CC(=O)N1CC2(CCC(Nc3nc(OCC(F)F)c4c(-c5cnc6nccn6c5)ccn4n3)CC2)C1. The number of carbonyl (C=O) groups excluding carboxylic acids is 1. The lowest BCUT2D eigenvalue weighted by Gasteiger charge is -2.53. The van der Waals surface area contributed by atoms with Gasteiger partial charge in [-0.05, 0) is 31.7 Å². The number of alkyl halides is 2. The molecule has 1 aliphatic heterocycles. The van der Waals surface area contributed by atoms with Gasteiger partial charge in [-0.2, -0.15) is 4.98 Å². The number of aromatic nitrogens is 6. The zero-order valence-corrected chi connectivity index (χ0v) is 19.8. The van der Waals surface area contributed by atoms with Crippen molar-refractivity contribution in [2.24, 2.45) is 5.41 Å². The first-order valence-corrected chi connectivity index (χ1v) is 12.0. The molecule has 10 nitrogen and oxygen atoms in total. The van der Waals surface area contributed by atoms with Crippen molar-refractivity contribution < 1.29 is 18.3 Å². The van der Waals surface area contributed by atoms with Crippen LogP contribution in [0.25, 0.3) is 22.4 Å². The molecule has 36 heavy (non-hydrogen) atoms. The molecular formula is C24H26F2N8O2. The van der Waals surface area contributed by atoms with Crippen molar-refractivity contribution in [1.82, 2.24) is 33.9 Å². The third-order valence-electron chi connectivity index (χ3n) is 7.26. The first kappa shape index (κ1) is 22.6. The lowest BCUT2D eigenvalue weighted by molar-refractivity contribution is -0.143. The van der Waals surface area contributed by atoms with Gasteiger partial charge in [0.25, 0.3) is 6.43 Å². The number of rotatable bonds is 6. The molecule has 6 rings (SSSR count). The molecule has 0 aromatic carbocycles. The van der Waals surface area contributed by atoms with Gasteiger partial charge in [-0.15, -0.1) is 5.10 Å². The summed E-state index contributed by atoms with van der Waals surface area (Å²) in [5, 5.41) is 7.97. The standard InChI is InChI=1S/C24H26F2N8O2/c1-15(35)33-13-24(14-33)5-2-17(3-6-24)29-22-30-21(36-12-19(25)26)20-18(4-8-34(20)31-22)16-10-28-23-27-7-9-32(23)11-16/h4,7-11,17,19H,2-3,5-6,12-14H2,1H3,(H,29,31). The second kappa shape index (κ2) is 8.68. The number of hydrogen-bond acceptors (Lipinski definition) is 7. The summed E-state index contributed by atoms with van der Waals surface area (Å²) >= 11 is 0. The van der Waals surface area contributed by atoms with Crippen molar-refractivity contribution in [3.8, 4) is 17.0 Å². The Kier molecular flexibility index (Phi) is 5.45. The smallest absolute Gasteiger partial charge is 0.272 e. The van der Waals surface area contributed by atoms with Crippen LogP contribution < -0.4 is 10.1 Å². The molecule has 1 spiro atoms. The van der Waals surface area contributed by atoms with E-state index in [0.717, 1.165) is 44.3 Å². The quantitative estimate of drug-likeness (QED) is 0.437. The number of amides is 1. The molecule has 0 atom stereocenters. The van der Waals surface area contributed by atoms with Gasteiger partial charge in [0, 0.05) is 73.6 Å². The van der Waals surface area contributed by atoms with Crippen LogP contribution in [0.4, 0.5) is 14.7 Å². The van der Waals surface area contributed by atoms with Crippen LogP contribution in [-0.4, -0.2) is 71.9 Å². The van der Waals surface area contributed by atoms with Crippen LogP contribution in [0.5, 0.6) is 5.88 Å². The van der Waals surface area contributed by atoms with E-state index in [4.69, 9.17) is 4.74 Å². The Bertz CT molecular complexity index is 1420. The van der Waals surface area contributed by atoms with Gasteiger partial charge in [0.05, 0.1) is 0 Å². The van der Waals surface area contributed by atoms with Gasteiger partial charge in [-0.1, -0.05) is 0 Å². The van der Waals surface area contributed by atoms with E-state index in [1.807, 2.05) is 17.2 Å². The molecule has 1 saturated carbocycles. The van der Waals surface area contributed by atoms with Crippen LogP contribution in [0.2, 0.25) is 0 Å². The number of halogens is 2. The Balaban J connectivity index is 1.25. The largest absolute Gasteiger partial charge is 0.470 e. The van der Waals surface area contributed by atoms with E-state index in [1.54, 1.807) is 40.6 Å². The number of fused-ring (bicyclic) bond motifs is 2. The van der Waals surface area contributed by atoms with E-state index >= 15 is 0 Å². The minimum Gasteiger partial charge on any atom is -0.470 e. The van der Waals surface area contributed by atoms with Gasteiger partial charge in [0.2, 0.25) is 23.5 Å². The number of hydrogen-bond donors (Lipinski definition) is 1. The number of nitrogens with zero attached hydrogens (tertiary/aromatic N) is 7. The number of anilines is 1. The van der Waals surface area contributed by atoms with Crippen LogP contribution in [0, 0.1) is 5.41 Å². The highest BCUT2D eigenvalue weighted by Crippen LogP contribution is 2.44. The van der Waals surface area contributed by atoms with Crippen molar-refractivity contribution in [2.45, 2.75) is 45.1 Å². The van der Waals surface area contributed by atoms with Crippen LogP contribution in [-0.2, 0) is 4.79 Å². The predicted molar refractivity (Wildman–Crippen MR) is 127 cm³/mol. The molecule has 188 valence electrons. The molecule has 5 heterocycles. The maximum absolute atomic E-state index is 13.0. The molecule has 4 aromatic heterocycles. The monoisotopic (exact) mass is 496 g/mol. The molecule has 12 heteroatoms. The number of ether oxygens (including phenoxy) is 1. The summed E-state index contributed by atoms with van der Waals surface area (Å²) in [5.41, 5.74) is 2.18. The van der Waals surface area contributed by atoms with Crippen molar-refractivity contribution >= 4 is 23.1 Å². The number of nitrogens with one attached hydrogen (secondary N) is 1. The number of imidazole rings is 1. The second-order valence-corrected chi connectivity index (χ2v) is 9.74. The molecule has 0 unspecified atom stereocenters. The van der Waals surface area contributed by atoms with Gasteiger partial charge in [-0.25, -0.2) is 23.3 Å². The zero-order chi connectivity index (χ0) is 24.9. The first-order valence-electron chi connectivity index (χ1n) is 12.0. The van der Waals surface area contributed by atoms with Crippen molar-refractivity contribution in [1.29, 1.82) is 0 Å². The molecule has 1 aliphatic carbocycles. The summed E-state index contributed by atoms with van der Waals surface area (Å²) in [4.78, 5) is 26.4. The maximum Gasteiger partial charge on any atom is 0.272 e. The lowest BCUT2D eigenvalue weighted by Crippen LogP contribution is -2.59. The minimum absolute atomic E-state index is 0.0851. The fourth-order valence-electron chi connectivity index (χ4n) is 5.34. The highest BCUT2D eigenvalue weighted by Gasteiger charge is 2.46. The van der Waals surface area contributed by atoms with E-state index in [-0.39, 0.29) is 23.2 Å². The molecule has 1 N–H and O–H groups in total. The Morgan fingerprint density at radius 3 is 2.81 bits per heavy atom. The molecule has 0 bridgehead atoms. The first-order chi connectivity index (χ1) is 17.4. The average molecular weight is 497 g/mol. The Hall–Kier alpha value is -3.83. The normalized spacial score (nSPS) is 17.7. The number of likely N-dealkylation sites (tertiary alicyclic amines) is 1. The summed E-state index contributed by atoms with van der Waals surface area (Å²) < 4.78 is 34.9. The summed E-state index contributed by atoms with van der Waals surface area (Å²) in [5.74, 6) is 1.11. The second-order valence-electron chi connectivity index (χ2n) is 9.74. The summed E-state index contributed by atoms with van der Waals surface area (Å²) in [6, 6.07) is 2.00. The van der Waals surface area contributed by atoms with Gasteiger partial charge < -0.3 is 15.0 Å². The zero-order valence-electron chi connectivity index (χ0n) is 19.8. The molecular weight excluding hydrogens is 470 g/mol. The fraction of sp³-hybridized carbons (Fsp3) is 0.458. The molecule has 2 fully saturated rings. The highest BCUT2D eigenvalue weighted by molar-refractivity contribution is 5.84. The summed E-state index contributed by atoms with van der Waals surface area (Å²) in [7, 11) is 0.